The molecule has 1 fully saturated rings. The number of nitrogens with zero attached hydrogens (tertiary/aromatic N) is 5. The second kappa shape index (κ2) is 6.07. The SMILES string of the molecule is CN(C)C=Nc1nc2c(ncn2[C@@H]2C[C@H](O)[C@H](CO)O2)c(=O)[nH]1. The lowest BCUT2D eigenvalue weighted by Crippen LogP contribution is -2.24. The van der Waals surface area contributed by atoms with Crippen molar-refractivity contribution in [2.75, 3.05) is 20.7 Å². The summed E-state index contributed by atoms with van der Waals surface area (Å²) in [4.78, 5) is 28.7. The Labute approximate surface area is 131 Å². The number of rotatable bonds is 4. The Bertz CT molecular complexity index is 782. The zero-order valence-electron chi connectivity index (χ0n) is 12.7. The monoisotopic (exact) mass is 322 g/mol. The number of H-pyrrole nitrogens is 1. The van der Waals surface area contributed by atoms with Crippen LogP contribution in [0.3, 0.4) is 0 Å². The highest BCUT2D eigenvalue weighted by Gasteiger charge is 2.35. The van der Waals surface area contributed by atoms with Crippen molar-refractivity contribution in [3.8, 4) is 0 Å². The van der Waals surface area contributed by atoms with Crippen molar-refractivity contribution in [1.82, 2.24) is 24.4 Å². The zero-order chi connectivity index (χ0) is 16.6. The molecule has 2 aromatic heterocycles. The number of aliphatic hydroxyl groups excluding tert-OH is 2. The first-order valence-corrected chi connectivity index (χ1v) is 7.11. The summed E-state index contributed by atoms with van der Waals surface area (Å²) in [5.74, 6) is 0.148. The molecule has 1 aliphatic rings. The highest BCUT2D eigenvalue weighted by molar-refractivity contribution is 5.71. The van der Waals surface area contributed by atoms with Gasteiger partial charge in [-0.25, -0.2) is 9.98 Å². The molecule has 124 valence electrons. The molecule has 0 saturated carbocycles. The average molecular weight is 322 g/mol. The van der Waals surface area contributed by atoms with Crippen molar-refractivity contribution < 1.29 is 14.9 Å². The predicted molar refractivity (Wildman–Crippen MR) is 81.6 cm³/mol. The number of fused-ring (bicyclic) bond motifs is 1. The van der Waals surface area contributed by atoms with Crippen LogP contribution < -0.4 is 5.56 Å². The van der Waals surface area contributed by atoms with Gasteiger partial charge in [-0.05, 0) is 0 Å². The summed E-state index contributed by atoms with van der Waals surface area (Å²) in [7, 11) is 3.60. The number of nitrogens with one attached hydrogen (secondary N) is 1. The van der Waals surface area contributed by atoms with Gasteiger partial charge >= 0.3 is 0 Å². The van der Waals surface area contributed by atoms with Crippen LogP contribution in [0.2, 0.25) is 0 Å². The summed E-state index contributed by atoms with van der Waals surface area (Å²) in [5.41, 5.74) is 0.0756. The van der Waals surface area contributed by atoms with Gasteiger partial charge in [0.25, 0.3) is 5.56 Å². The van der Waals surface area contributed by atoms with Gasteiger partial charge in [-0.15, -0.1) is 0 Å². The van der Waals surface area contributed by atoms with Crippen molar-refractivity contribution in [3.63, 3.8) is 0 Å². The topological polar surface area (TPSA) is 129 Å². The maximum Gasteiger partial charge on any atom is 0.280 e. The zero-order valence-corrected chi connectivity index (χ0v) is 12.7. The standard InChI is InChI=1S/C13H18N6O4/c1-18(2)5-15-13-16-11-10(12(22)17-13)14-6-19(11)9-3-7(21)8(4-20)23-9/h5-9,20-21H,3-4H2,1-2H3,(H,16,17,22)/t7-,8-,9-/m0/s1. The van der Waals surface area contributed by atoms with Crippen LogP contribution >= 0.6 is 0 Å². The van der Waals surface area contributed by atoms with E-state index in [4.69, 9.17) is 4.74 Å². The van der Waals surface area contributed by atoms with Crippen molar-refractivity contribution in [3.05, 3.63) is 16.7 Å². The first-order chi connectivity index (χ1) is 11.0. The molecule has 2 aromatic rings. The minimum atomic E-state index is -0.782. The van der Waals surface area contributed by atoms with Gasteiger partial charge < -0.3 is 19.8 Å². The lowest BCUT2D eigenvalue weighted by atomic mass is 10.2. The molecular weight excluding hydrogens is 304 g/mol. The summed E-state index contributed by atoms with van der Waals surface area (Å²) in [6.45, 7) is -0.281. The summed E-state index contributed by atoms with van der Waals surface area (Å²) < 4.78 is 7.14. The molecule has 0 aliphatic carbocycles. The predicted octanol–water partition coefficient (Wildman–Crippen LogP) is -1.02. The van der Waals surface area contributed by atoms with Gasteiger partial charge in [-0.3, -0.25) is 14.3 Å². The number of ether oxygens (including phenoxy) is 1. The van der Waals surface area contributed by atoms with Crippen LogP contribution in [-0.2, 0) is 4.74 Å². The van der Waals surface area contributed by atoms with E-state index in [-0.39, 0.29) is 24.5 Å². The van der Waals surface area contributed by atoms with Crippen LogP contribution in [0.25, 0.3) is 11.2 Å². The normalized spacial score (nSPS) is 24.8. The molecular formula is C13H18N6O4. The number of imidazole rings is 1. The van der Waals surface area contributed by atoms with Crippen LogP contribution in [0, 0.1) is 0 Å². The number of aliphatic hydroxyl groups is 2. The molecule has 0 spiro atoms. The van der Waals surface area contributed by atoms with Crippen LogP contribution in [0.5, 0.6) is 0 Å². The third kappa shape index (κ3) is 2.96. The third-order valence-corrected chi connectivity index (χ3v) is 3.53. The van der Waals surface area contributed by atoms with E-state index in [1.807, 2.05) is 0 Å². The molecule has 0 bridgehead atoms. The molecule has 1 aliphatic heterocycles. The molecule has 0 aromatic carbocycles. The van der Waals surface area contributed by atoms with Gasteiger partial charge in [0, 0.05) is 20.5 Å². The Morgan fingerprint density at radius 1 is 1.61 bits per heavy atom. The molecule has 3 N–H and O–H groups in total. The van der Waals surface area contributed by atoms with Crippen molar-refractivity contribution in [1.29, 1.82) is 0 Å². The van der Waals surface area contributed by atoms with Crippen molar-refractivity contribution in [2.45, 2.75) is 24.9 Å². The van der Waals surface area contributed by atoms with Crippen LogP contribution in [-0.4, -0.2) is 73.9 Å². The average Bonchev–Trinajstić information content (AvgIpc) is 3.08. The Balaban J connectivity index is 2.00. The molecule has 0 unspecified atom stereocenters. The van der Waals surface area contributed by atoms with Gasteiger partial charge in [0.1, 0.15) is 12.3 Å². The van der Waals surface area contributed by atoms with E-state index < -0.39 is 24.0 Å². The van der Waals surface area contributed by atoms with Crippen LogP contribution in [0.1, 0.15) is 12.6 Å². The summed E-state index contributed by atoms with van der Waals surface area (Å²) in [6, 6.07) is 0. The largest absolute Gasteiger partial charge is 0.394 e. The molecule has 0 amide bonds. The van der Waals surface area contributed by atoms with E-state index in [2.05, 4.69) is 19.9 Å². The molecule has 10 nitrogen and oxygen atoms in total. The molecule has 3 rings (SSSR count). The molecule has 3 heterocycles. The molecule has 23 heavy (non-hydrogen) atoms. The number of hydrogen-bond acceptors (Lipinski definition) is 7. The van der Waals surface area contributed by atoms with Crippen LogP contribution in [0.4, 0.5) is 5.95 Å². The second-order valence-corrected chi connectivity index (χ2v) is 5.54. The highest BCUT2D eigenvalue weighted by Crippen LogP contribution is 2.30. The summed E-state index contributed by atoms with van der Waals surface area (Å²) in [6.07, 6.45) is 1.24. The quantitative estimate of drug-likeness (QED) is 0.485. The number of aliphatic imine (C=N–C) groups is 1. The first-order valence-electron chi connectivity index (χ1n) is 7.11. The number of aromatic nitrogens is 4. The maximum atomic E-state index is 12.1. The molecule has 0 radical (unpaired) electrons. The first kappa shape index (κ1) is 15.6. The van der Waals surface area contributed by atoms with Crippen molar-refractivity contribution >= 4 is 23.5 Å². The van der Waals surface area contributed by atoms with Crippen LogP contribution in [0.15, 0.2) is 16.1 Å². The van der Waals surface area contributed by atoms with E-state index in [0.29, 0.717) is 5.65 Å². The summed E-state index contributed by atoms with van der Waals surface area (Å²) in [5, 5.41) is 19.0. The Hall–Kier alpha value is -2.30. The molecule has 10 heteroatoms. The Morgan fingerprint density at radius 3 is 3.04 bits per heavy atom. The second-order valence-electron chi connectivity index (χ2n) is 5.54. The Morgan fingerprint density at radius 2 is 2.39 bits per heavy atom. The fourth-order valence-corrected chi connectivity index (χ4v) is 2.41. The van der Waals surface area contributed by atoms with Gasteiger partial charge in [0.15, 0.2) is 11.2 Å². The minimum absolute atomic E-state index is 0.148. The van der Waals surface area contributed by atoms with E-state index >= 15 is 0 Å². The van der Waals surface area contributed by atoms with E-state index in [1.54, 1.807) is 23.6 Å². The number of hydrogen-bond donors (Lipinski definition) is 3. The summed E-state index contributed by atoms with van der Waals surface area (Å²) >= 11 is 0. The smallest absolute Gasteiger partial charge is 0.280 e. The van der Waals surface area contributed by atoms with Gasteiger partial charge in [-0.1, -0.05) is 0 Å². The fraction of sp³-hybridized carbons (Fsp3) is 0.538. The van der Waals surface area contributed by atoms with Gasteiger partial charge in [0.2, 0.25) is 5.95 Å². The third-order valence-electron chi connectivity index (χ3n) is 3.53. The lowest BCUT2D eigenvalue weighted by Gasteiger charge is -2.13. The van der Waals surface area contributed by atoms with E-state index in [9.17, 15) is 15.0 Å². The van der Waals surface area contributed by atoms with E-state index in [1.165, 1.54) is 12.7 Å². The van der Waals surface area contributed by atoms with Crippen molar-refractivity contribution in [2.24, 2.45) is 4.99 Å². The Kier molecular flexibility index (Phi) is 4.11. The number of aromatic amines is 1. The van der Waals surface area contributed by atoms with Gasteiger partial charge in [-0.2, -0.15) is 4.98 Å². The van der Waals surface area contributed by atoms with E-state index in [0.717, 1.165) is 0 Å². The molecule has 1 saturated heterocycles. The highest BCUT2D eigenvalue weighted by atomic mass is 16.5. The fourth-order valence-electron chi connectivity index (χ4n) is 2.41. The lowest BCUT2D eigenvalue weighted by molar-refractivity contribution is -0.0432. The van der Waals surface area contributed by atoms with Gasteiger partial charge in [0.05, 0.1) is 25.4 Å². The maximum absolute atomic E-state index is 12.1. The molecule has 3 atom stereocenters. The minimum Gasteiger partial charge on any atom is -0.394 e.